The van der Waals surface area contributed by atoms with E-state index in [9.17, 15) is 4.79 Å². The number of fused-ring (bicyclic) bond motifs is 1. The summed E-state index contributed by atoms with van der Waals surface area (Å²) in [4.78, 5) is 33.1. The third-order valence-corrected chi connectivity index (χ3v) is 6.83. The molecule has 0 saturated heterocycles. The molecule has 0 radical (unpaired) electrons. The Bertz CT molecular complexity index is 1180. The molecule has 0 unspecified atom stereocenters. The van der Waals surface area contributed by atoms with Crippen molar-refractivity contribution in [1.82, 2.24) is 19.9 Å². The number of hydrogen-bond donors (Lipinski definition) is 1. The van der Waals surface area contributed by atoms with Gasteiger partial charge in [0.1, 0.15) is 10.8 Å². The highest BCUT2D eigenvalue weighted by molar-refractivity contribution is 7.15. The lowest BCUT2D eigenvalue weighted by Gasteiger charge is -2.27. The highest BCUT2D eigenvalue weighted by atomic mass is 32.1. The standard InChI is InChI=1S/C23H25N5O2S/c1-30-16-6-4-5-15(11-16)23-25-12-17(31-23)13-28-10-8-19-18(14-28)22(29)27-21(26-19)20-7-2-3-9-24-20/h4-6,11-12H,2-3,7-10,13-14H2,1H3,(H,26,27,29). The van der Waals surface area contributed by atoms with Crippen LogP contribution in [0, 0.1) is 0 Å². The van der Waals surface area contributed by atoms with Crippen LogP contribution >= 0.6 is 11.3 Å². The molecule has 2 aromatic heterocycles. The minimum atomic E-state index is -0.0284. The van der Waals surface area contributed by atoms with Crippen molar-refractivity contribution in [2.24, 2.45) is 4.99 Å². The molecule has 0 fully saturated rings. The number of aromatic amines is 1. The van der Waals surface area contributed by atoms with Crippen LogP contribution in [0.5, 0.6) is 5.75 Å². The van der Waals surface area contributed by atoms with Gasteiger partial charge in [-0.05, 0) is 31.4 Å². The molecule has 1 N–H and O–H groups in total. The number of nitrogens with zero attached hydrogens (tertiary/aromatic N) is 4. The maximum atomic E-state index is 12.8. The number of ether oxygens (including phenoxy) is 1. The van der Waals surface area contributed by atoms with Crippen molar-refractivity contribution in [2.45, 2.75) is 38.8 Å². The van der Waals surface area contributed by atoms with E-state index in [1.807, 2.05) is 30.5 Å². The maximum Gasteiger partial charge on any atom is 0.255 e. The normalized spacial score (nSPS) is 16.6. The number of rotatable bonds is 5. The van der Waals surface area contributed by atoms with Crippen LogP contribution in [-0.2, 0) is 19.5 Å². The number of benzene rings is 1. The van der Waals surface area contributed by atoms with Gasteiger partial charge >= 0.3 is 0 Å². The summed E-state index contributed by atoms with van der Waals surface area (Å²) >= 11 is 1.68. The first kappa shape index (κ1) is 20.1. The summed E-state index contributed by atoms with van der Waals surface area (Å²) in [6, 6.07) is 7.95. The van der Waals surface area contributed by atoms with Crippen molar-refractivity contribution in [3.05, 3.63) is 62.8 Å². The average Bonchev–Trinajstić information content (AvgIpc) is 3.28. The molecule has 4 heterocycles. The number of aromatic nitrogens is 3. The van der Waals surface area contributed by atoms with Gasteiger partial charge < -0.3 is 9.72 Å². The number of hydrogen-bond acceptors (Lipinski definition) is 7. The van der Waals surface area contributed by atoms with Crippen molar-refractivity contribution < 1.29 is 4.74 Å². The van der Waals surface area contributed by atoms with Gasteiger partial charge in [-0.15, -0.1) is 11.3 Å². The Balaban J connectivity index is 1.31. The maximum absolute atomic E-state index is 12.8. The second-order valence-corrected chi connectivity index (χ2v) is 9.06. The molecule has 5 rings (SSSR count). The molecule has 2 aliphatic rings. The zero-order valence-electron chi connectivity index (χ0n) is 17.6. The van der Waals surface area contributed by atoms with Crippen molar-refractivity contribution in [3.8, 4) is 16.3 Å². The van der Waals surface area contributed by atoms with Gasteiger partial charge in [-0.3, -0.25) is 14.7 Å². The molecule has 2 aliphatic heterocycles. The lowest BCUT2D eigenvalue weighted by atomic mass is 10.1. The number of nitrogens with one attached hydrogen (secondary N) is 1. The monoisotopic (exact) mass is 435 g/mol. The second kappa shape index (κ2) is 8.72. The Morgan fingerprint density at radius 2 is 2.19 bits per heavy atom. The fraction of sp³-hybridized carbons (Fsp3) is 0.391. The largest absolute Gasteiger partial charge is 0.497 e. The molecular weight excluding hydrogens is 410 g/mol. The van der Waals surface area contributed by atoms with Crippen molar-refractivity contribution in [2.75, 3.05) is 20.2 Å². The third-order valence-electron chi connectivity index (χ3n) is 5.80. The molecule has 31 heavy (non-hydrogen) atoms. The van der Waals surface area contributed by atoms with E-state index in [0.29, 0.717) is 12.4 Å². The Labute approximate surface area is 184 Å². The first-order chi connectivity index (χ1) is 15.2. The minimum Gasteiger partial charge on any atom is -0.497 e. The van der Waals surface area contributed by atoms with E-state index >= 15 is 0 Å². The van der Waals surface area contributed by atoms with Crippen LogP contribution in [0.4, 0.5) is 0 Å². The summed E-state index contributed by atoms with van der Waals surface area (Å²) in [6.45, 7) is 3.09. The number of H-pyrrole nitrogens is 1. The van der Waals surface area contributed by atoms with Gasteiger partial charge in [-0.25, -0.2) is 9.97 Å². The Morgan fingerprint density at radius 1 is 1.26 bits per heavy atom. The zero-order chi connectivity index (χ0) is 21.2. The molecule has 1 aromatic carbocycles. The molecule has 3 aromatic rings. The molecule has 0 saturated carbocycles. The summed E-state index contributed by atoms with van der Waals surface area (Å²) in [5.74, 6) is 1.49. The van der Waals surface area contributed by atoms with Gasteiger partial charge in [-0.1, -0.05) is 12.1 Å². The van der Waals surface area contributed by atoms with E-state index in [0.717, 1.165) is 78.6 Å². The summed E-state index contributed by atoms with van der Waals surface area (Å²) in [5.41, 5.74) is 3.68. The summed E-state index contributed by atoms with van der Waals surface area (Å²) in [7, 11) is 1.67. The van der Waals surface area contributed by atoms with E-state index in [1.54, 1.807) is 18.4 Å². The van der Waals surface area contributed by atoms with Crippen LogP contribution in [0.3, 0.4) is 0 Å². The molecule has 8 heteroatoms. The molecule has 7 nitrogen and oxygen atoms in total. The van der Waals surface area contributed by atoms with E-state index in [4.69, 9.17) is 9.72 Å². The van der Waals surface area contributed by atoms with Gasteiger partial charge in [0.2, 0.25) is 0 Å². The number of thiazole rings is 1. The van der Waals surface area contributed by atoms with Gasteiger partial charge in [0, 0.05) is 49.2 Å². The summed E-state index contributed by atoms with van der Waals surface area (Å²) in [5, 5.41) is 0.976. The van der Waals surface area contributed by atoms with E-state index in [-0.39, 0.29) is 5.56 Å². The molecule has 0 spiro atoms. The van der Waals surface area contributed by atoms with Crippen LogP contribution in [0.15, 0.2) is 40.2 Å². The van der Waals surface area contributed by atoms with Gasteiger partial charge in [0.25, 0.3) is 5.56 Å². The van der Waals surface area contributed by atoms with Crippen molar-refractivity contribution in [3.63, 3.8) is 0 Å². The topological polar surface area (TPSA) is 83.5 Å². The molecule has 0 amide bonds. The quantitative estimate of drug-likeness (QED) is 0.664. The lowest BCUT2D eigenvalue weighted by Crippen LogP contribution is -2.36. The van der Waals surface area contributed by atoms with Crippen LogP contribution in [0.1, 0.15) is 41.2 Å². The highest BCUT2D eigenvalue weighted by Gasteiger charge is 2.23. The van der Waals surface area contributed by atoms with Crippen LogP contribution in [0.25, 0.3) is 10.6 Å². The Kier molecular flexibility index (Phi) is 5.65. The van der Waals surface area contributed by atoms with E-state index < -0.39 is 0 Å². The van der Waals surface area contributed by atoms with E-state index in [1.165, 1.54) is 4.88 Å². The second-order valence-electron chi connectivity index (χ2n) is 7.95. The molecule has 0 bridgehead atoms. The summed E-state index contributed by atoms with van der Waals surface area (Å²) < 4.78 is 5.32. The van der Waals surface area contributed by atoms with Gasteiger partial charge in [0.05, 0.1) is 24.1 Å². The van der Waals surface area contributed by atoms with Crippen LogP contribution in [0.2, 0.25) is 0 Å². The minimum absolute atomic E-state index is 0.0284. The predicted molar refractivity (Wildman–Crippen MR) is 122 cm³/mol. The molecule has 0 aliphatic carbocycles. The fourth-order valence-corrected chi connectivity index (χ4v) is 5.08. The van der Waals surface area contributed by atoms with E-state index in [2.05, 4.69) is 19.9 Å². The fourth-order valence-electron chi connectivity index (χ4n) is 4.13. The van der Waals surface area contributed by atoms with Gasteiger partial charge in [0.15, 0.2) is 5.82 Å². The lowest BCUT2D eigenvalue weighted by molar-refractivity contribution is 0.243. The number of aliphatic imine (C=N–C) groups is 1. The average molecular weight is 436 g/mol. The van der Waals surface area contributed by atoms with Crippen molar-refractivity contribution >= 4 is 17.0 Å². The number of methoxy groups -OCH3 is 1. The highest BCUT2D eigenvalue weighted by Crippen LogP contribution is 2.29. The zero-order valence-corrected chi connectivity index (χ0v) is 18.4. The van der Waals surface area contributed by atoms with Crippen molar-refractivity contribution in [1.29, 1.82) is 0 Å². The molecule has 0 atom stereocenters. The first-order valence-electron chi connectivity index (χ1n) is 10.7. The Hall–Kier alpha value is -2.84. The Morgan fingerprint density at radius 3 is 3.03 bits per heavy atom. The third kappa shape index (κ3) is 4.31. The predicted octanol–water partition coefficient (Wildman–Crippen LogP) is 3.43. The first-order valence-corrected chi connectivity index (χ1v) is 11.5. The SMILES string of the molecule is COc1cccc(-c2ncc(CN3CCc4nc(C5=NCCCC5)[nH]c(=O)c4C3)s2)c1. The van der Waals surface area contributed by atoms with Crippen LogP contribution < -0.4 is 10.3 Å². The molecule has 160 valence electrons. The smallest absolute Gasteiger partial charge is 0.255 e. The molecular formula is C23H25N5O2S. The van der Waals surface area contributed by atoms with Crippen LogP contribution in [-0.4, -0.2) is 45.8 Å². The van der Waals surface area contributed by atoms with Gasteiger partial charge in [-0.2, -0.15) is 0 Å². The summed E-state index contributed by atoms with van der Waals surface area (Å²) in [6.07, 6.45) is 5.84.